The summed E-state index contributed by atoms with van der Waals surface area (Å²) in [6.45, 7) is 3.01. The highest BCUT2D eigenvalue weighted by atomic mass is 35.5. The quantitative estimate of drug-likeness (QED) is 0.756. The van der Waals surface area contributed by atoms with Gasteiger partial charge < -0.3 is 5.32 Å². The van der Waals surface area contributed by atoms with Crippen molar-refractivity contribution in [2.45, 2.75) is 13.3 Å². The average molecular weight is 306 g/mol. The lowest BCUT2D eigenvalue weighted by Crippen LogP contribution is -2.34. The summed E-state index contributed by atoms with van der Waals surface area (Å²) in [6, 6.07) is 5.14. The van der Waals surface area contributed by atoms with E-state index in [1.54, 1.807) is 32.2 Å². The molecule has 0 aromatic heterocycles. The number of hydrogen-bond donors (Lipinski definition) is 2. The van der Waals surface area contributed by atoms with Crippen molar-refractivity contribution < 1.29 is 8.42 Å². The number of halogens is 1. The second kappa shape index (κ2) is 7.09. The molecule has 1 rings (SSSR count). The second-order valence-corrected chi connectivity index (χ2v) is 6.48. The molecule has 7 heteroatoms. The van der Waals surface area contributed by atoms with Crippen molar-refractivity contribution in [1.82, 2.24) is 9.62 Å². The van der Waals surface area contributed by atoms with Gasteiger partial charge in [0.25, 0.3) is 0 Å². The summed E-state index contributed by atoms with van der Waals surface area (Å²) in [5.74, 6) is 0. The van der Waals surface area contributed by atoms with E-state index in [0.29, 0.717) is 17.3 Å². The summed E-state index contributed by atoms with van der Waals surface area (Å²) >= 11 is 5.97. The topological polar surface area (TPSA) is 61.4 Å². The van der Waals surface area contributed by atoms with E-state index in [0.717, 1.165) is 18.5 Å². The van der Waals surface area contributed by atoms with E-state index in [9.17, 15) is 8.42 Å². The van der Waals surface area contributed by atoms with Gasteiger partial charge in [-0.2, -0.15) is 12.7 Å². The number of hydrogen-bond acceptors (Lipinski definition) is 3. The Kier molecular flexibility index (Phi) is 6.06. The lowest BCUT2D eigenvalue weighted by atomic mass is 10.2. The van der Waals surface area contributed by atoms with Gasteiger partial charge >= 0.3 is 10.2 Å². The number of anilines is 1. The molecule has 1 aromatic rings. The van der Waals surface area contributed by atoms with E-state index in [4.69, 9.17) is 11.6 Å². The fourth-order valence-electron chi connectivity index (χ4n) is 1.53. The Morgan fingerprint density at radius 1 is 1.37 bits per heavy atom. The van der Waals surface area contributed by atoms with Crippen LogP contribution in [0.2, 0.25) is 5.02 Å². The number of benzene rings is 1. The lowest BCUT2D eigenvalue weighted by Gasteiger charge is -2.19. The third-order valence-electron chi connectivity index (χ3n) is 2.82. The minimum atomic E-state index is -3.54. The number of nitrogens with zero attached hydrogens (tertiary/aromatic N) is 1. The largest absolute Gasteiger partial charge is 0.320 e. The molecule has 0 saturated carbocycles. The van der Waals surface area contributed by atoms with Crippen LogP contribution in [0.4, 0.5) is 5.69 Å². The molecule has 19 heavy (non-hydrogen) atoms. The third-order valence-corrected chi connectivity index (χ3v) is 4.71. The predicted molar refractivity (Wildman–Crippen MR) is 79.9 cm³/mol. The molecule has 0 unspecified atom stereocenters. The van der Waals surface area contributed by atoms with Crippen LogP contribution in [0, 0.1) is 6.92 Å². The fourth-order valence-corrected chi connectivity index (χ4v) is 2.73. The zero-order valence-corrected chi connectivity index (χ0v) is 13.0. The molecule has 2 N–H and O–H groups in total. The van der Waals surface area contributed by atoms with E-state index in [2.05, 4.69) is 10.0 Å². The zero-order chi connectivity index (χ0) is 14.5. The van der Waals surface area contributed by atoms with E-state index >= 15 is 0 Å². The molecule has 1 aromatic carbocycles. The Balaban J connectivity index is 2.76. The number of nitrogens with one attached hydrogen (secondary N) is 2. The molecule has 0 atom stereocenters. The Hall–Kier alpha value is -0.820. The summed E-state index contributed by atoms with van der Waals surface area (Å²) in [5, 5.41) is 3.52. The minimum absolute atomic E-state index is 0.454. The van der Waals surface area contributed by atoms with Crippen molar-refractivity contribution in [3.63, 3.8) is 0 Å². The molecule has 0 aliphatic heterocycles. The first kappa shape index (κ1) is 16.2. The summed E-state index contributed by atoms with van der Waals surface area (Å²) in [7, 11) is -0.147. The van der Waals surface area contributed by atoms with Crippen LogP contribution in [0.15, 0.2) is 18.2 Å². The molecule has 0 saturated heterocycles. The fraction of sp³-hybridized carbons (Fsp3) is 0.500. The molecule has 0 aliphatic rings. The van der Waals surface area contributed by atoms with Gasteiger partial charge in [0.15, 0.2) is 0 Å². The van der Waals surface area contributed by atoms with Gasteiger partial charge in [0.05, 0.1) is 5.69 Å². The molecular weight excluding hydrogens is 286 g/mol. The maximum absolute atomic E-state index is 12.1. The van der Waals surface area contributed by atoms with Crippen molar-refractivity contribution in [3.8, 4) is 0 Å². The van der Waals surface area contributed by atoms with Crippen LogP contribution in [0.5, 0.6) is 0 Å². The predicted octanol–water partition coefficient (Wildman–Crippen LogP) is 1.85. The first-order valence-electron chi connectivity index (χ1n) is 6.02. The monoisotopic (exact) mass is 305 g/mol. The molecule has 108 valence electrons. The highest BCUT2D eigenvalue weighted by Gasteiger charge is 2.18. The minimum Gasteiger partial charge on any atom is -0.320 e. The Labute approximate surface area is 120 Å². The van der Waals surface area contributed by atoms with Gasteiger partial charge in [0, 0.05) is 18.6 Å². The van der Waals surface area contributed by atoms with Crippen LogP contribution in [-0.4, -0.2) is 39.9 Å². The Morgan fingerprint density at radius 2 is 2.05 bits per heavy atom. The molecule has 0 fully saturated rings. The smallest absolute Gasteiger partial charge is 0.301 e. The molecule has 0 aliphatic carbocycles. The maximum atomic E-state index is 12.1. The van der Waals surface area contributed by atoms with E-state index in [-0.39, 0.29) is 0 Å². The van der Waals surface area contributed by atoms with Crippen molar-refractivity contribution in [2.24, 2.45) is 0 Å². The van der Waals surface area contributed by atoms with Gasteiger partial charge in [0.2, 0.25) is 0 Å². The molecular formula is C12H20ClN3O2S. The average Bonchev–Trinajstić information content (AvgIpc) is 2.35. The second-order valence-electron chi connectivity index (χ2n) is 4.30. The molecule has 5 nitrogen and oxygen atoms in total. The van der Waals surface area contributed by atoms with Crippen molar-refractivity contribution in [3.05, 3.63) is 28.8 Å². The van der Waals surface area contributed by atoms with Crippen molar-refractivity contribution in [1.29, 1.82) is 0 Å². The van der Waals surface area contributed by atoms with E-state index < -0.39 is 10.2 Å². The molecule has 0 heterocycles. The molecule has 0 radical (unpaired) electrons. The van der Waals surface area contributed by atoms with Crippen molar-refractivity contribution >= 4 is 27.5 Å². The van der Waals surface area contributed by atoms with E-state index in [1.807, 2.05) is 7.05 Å². The van der Waals surface area contributed by atoms with Crippen molar-refractivity contribution in [2.75, 3.05) is 31.9 Å². The highest BCUT2D eigenvalue weighted by molar-refractivity contribution is 7.90. The first-order chi connectivity index (χ1) is 8.88. The SMILES string of the molecule is CNCCCN(C)S(=O)(=O)Nc1cccc(Cl)c1C. The number of rotatable bonds is 7. The molecule has 0 amide bonds. The van der Waals surface area contributed by atoms with E-state index in [1.165, 1.54) is 4.31 Å². The van der Waals surface area contributed by atoms with Crippen LogP contribution < -0.4 is 10.0 Å². The van der Waals surface area contributed by atoms with Crippen LogP contribution in [-0.2, 0) is 10.2 Å². The standard InChI is InChI=1S/C12H20ClN3O2S/c1-10-11(13)6-4-7-12(10)15-19(17,18)16(3)9-5-8-14-2/h4,6-7,14-15H,5,8-9H2,1-3H3. The van der Waals surface area contributed by atoms with Gasteiger partial charge in [-0.05, 0) is 44.6 Å². The molecule has 0 spiro atoms. The maximum Gasteiger partial charge on any atom is 0.301 e. The van der Waals surface area contributed by atoms with Gasteiger partial charge in [-0.1, -0.05) is 17.7 Å². The lowest BCUT2D eigenvalue weighted by molar-refractivity contribution is 0.462. The van der Waals surface area contributed by atoms with Gasteiger partial charge in [-0.15, -0.1) is 0 Å². The summed E-state index contributed by atoms with van der Waals surface area (Å²) in [6.07, 6.45) is 0.752. The molecule has 0 bridgehead atoms. The summed E-state index contributed by atoms with van der Waals surface area (Å²) in [5.41, 5.74) is 1.23. The Bertz CT molecular complexity index is 520. The zero-order valence-electron chi connectivity index (χ0n) is 11.4. The van der Waals surface area contributed by atoms with Gasteiger partial charge in [-0.3, -0.25) is 4.72 Å². The van der Waals surface area contributed by atoms with Gasteiger partial charge in [-0.25, -0.2) is 0 Å². The summed E-state index contributed by atoms with van der Waals surface area (Å²) < 4.78 is 28.1. The van der Waals surface area contributed by atoms with Crippen LogP contribution in [0.1, 0.15) is 12.0 Å². The Morgan fingerprint density at radius 3 is 2.68 bits per heavy atom. The highest BCUT2D eigenvalue weighted by Crippen LogP contribution is 2.24. The first-order valence-corrected chi connectivity index (χ1v) is 7.84. The van der Waals surface area contributed by atoms with Crippen LogP contribution in [0.3, 0.4) is 0 Å². The normalized spacial score (nSPS) is 11.8. The summed E-state index contributed by atoms with van der Waals surface area (Å²) in [4.78, 5) is 0. The third kappa shape index (κ3) is 4.65. The van der Waals surface area contributed by atoms with Crippen LogP contribution in [0.25, 0.3) is 0 Å². The van der Waals surface area contributed by atoms with Gasteiger partial charge in [0.1, 0.15) is 0 Å². The van der Waals surface area contributed by atoms with Crippen LogP contribution >= 0.6 is 11.6 Å².